The summed E-state index contributed by atoms with van der Waals surface area (Å²) in [7, 11) is 6.13. The third-order valence-corrected chi connectivity index (χ3v) is 6.29. The minimum Gasteiger partial charge on any atom is -0.370 e. The number of imidazole rings is 1. The molecule has 1 aromatic heterocycles. The number of rotatable bonds is 3. The largest absolute Gasteiger partial charge is 0.370 e. The number of aromatic nitrogens is 2. The van der Waals surface area contributed by atoms with E-state index in [4.69, 9.17) is 0 Å². The van der Waals surface area contributed by atoms with Crippen molar-refractivity contribution < 1.29 is 0 Å². The molecule has 2 fully saturated rings. The number of likely N-dealkylation sites (N-methyl/N-ethyl adjacent to an activating group) is 1. The van der Waals surface area contributed by atoms with E-state index in [-0.39, 0.29) is 11.7 Å². The molecule has 0 bridgehead atoms. The van der Waals surface area contributed by atoms with E-state index >= 15 is 0 Å². The quantitative estimate of drug-likeness (QED) is 0.910. The van der Waals surface area contributed by atoms with Gasteiger partial charge in [0.2, 0.25) is 0 Å². The lowest BCUT2D eigenvalue weighted by molar-refractivity contribution is 0.212. The van der Waals surface area contributed by atoms with Crippen molar-refractivity contribution in [2.24, 2.45) is 7.05 Å². The molecule has 1 aromatic carbocycles. The number of anilines is 1. The number of benzene rings is 1. The van der Waals surface area contributed by atoms with Crippen molar-refractivity contribution in [2.75, 3.05) is 45.2 Å². The van der Waals surface area contributed by atoms with Gasteiger partial charge in [-0.3, -0.25) is 9.13 Å². The van der Waals surface area contributed by atoms with Crippen LogP contribution in [-0.2, 0) is 7.05 Å². The Bertz CT molecular complexity index is 831. The number of hydrogen-bond donors (Lipinski definition) is 1. The van der Waals surface area contributed by atoms with E-state index in [1.807, 2.05) is 18.7 Å². The molecule has 26 heavy (non-hydrogen) atoms. The standard InChI is InChI=1S/C20H31N5O/c1-21-15-9-12-24(13-10-15)17-7-4-8-18-19(17)23(3)20(26)25(18)16-6-5-11-22(2)14-16/h4,7-8,15-16,21H,5-6,9-14H2,1-3H3. The fourth-order valence-corrected chi connectivity index (χ4v) is 4.78. The number of piperidine rings is 2. The summed E-state index contributed by atoms with van der Waals surface area (Å²) >= 11 is 0. The van der Waals surface area contributed by atoms with Gasteiger partial charge in [0.1, 0.15) is 0 Å². The van der Waals surface area contributed by atoms with Gasteiger partial charge in [-0.15, -0.1) is 0 Å². The molecule has 0 amide bonds. The van der Waals surface area contributed by atoms with Crippen molar-refractivity contribution in [3.63, 3.8) is 0 Å². The third-order valence-electron chi connectivity index (χ3n) is 6.29. The van der Waals surface area contributed by atoms with E-state index < -0.39 is 0 Å². The number of likely N-dealkylation sites (tertiary alicyclic amines) is 1. The van der Waals surface area contributed by atoms with E-state index in [1.165, 1.54) is 5.69 Å². The normalized spacial score (nSPS) is 23.0. The zero-order valence-corrected chi connectivity index (χ0v) is 16.2. The molecule has 1 N–H and O–H groups in total. The Morgan fingerprint density at radius 3 is 2.54 bits per heavy atom. The molecule has 2 aliphatic heterocycles. The second-order valence-electron chi connectivity index (χ2n) is 7.96. The molecule has 2 saturated heterocycles. The van der Waals surface area contributed by atoms with Gasteiger partial charge in [0.15, 0.2) is 0 Å². The fourth-order valence-electron chi connectivity index (χ4n) is 4.78. The van der Waals surface area contributed by atoms with Crippen molar-refractivity contribution in [1.29, 1.82) is 0 Å². The number of nitrogens with zero attached hydrogens (tertiary/aromatic N) is 4. The molecule has 1 unspecified atom stereocenters. The van der Waals surface area contributed by atoms with Gasteiger partial charge in [-0.05, 0) is 58.5 Å². The maximum absolute atomic E-state index is 13.1. The average molecular weight is 358 g/mol. The van der Waals surface area contributed by atoms with E-state index in [1.54, 1.807) is 0 Å². The molecule has 3 heterocycles. The maximum Gasteiger partial charge on any atom is 0.329 e. The number of nitrogens with one attached hydrogen (secondary N) is 1. The van der Waals surface area contributed by atoms with Gasteiger partial charge in [0.25, 0.3) is 0 Å². The molecule has 0 aliphatic carbocycles. The minimum absolute atomic E-state index is 0.123. The van der Waals surface area contributed by atoms with Gasteiger partial charge < -0.3 is 15.1 Å². The second kappa shape index (κ2) is 7.08. The third kappa shape index (κ3) is 2.95. The molecule has 0 saturated carbocycles. The van der Waals surface area contributed by atoms with Gasteiger partial charge in [-0.2, -0.15) is 0 Å². The molecule has 0 spiro atoms. The molecule has 142 valence electrons. The highest BCUT2D eigenvalue weighted by Gasteiger charge is 2.26. The Balaban J connectivity index is 1.75. The molecular weight excluding hydrogens is 326 g/mol. The summed E-state index contributed by atoms with van der Waals surface area (Å²) in [6.07, 6.45) is 4.53. The maximum atomic E-state index is 13.1. The summed E-state index contributed by atoms with van der Waals surface area (Å²) in [5.74, 6) is 0. The van der Waals surface area contributed by atoms with E-state index in [2.05, 4.69) is 44.9 Å². The number of hydrogen-bond acceptors (Lipinski definition) is 4. The van der Waals surface area contributed by atoms with Crippen LogP contribution in [-0.4, -0.2) is 60.4 Å². The highest BCUT2D eigenvalue weighted by atomic mass is 16.1. The van der Waals surface area contributed by atoms with E-state index in [0.29, 0.717) is 6.04 Å². The van der Waals surface area contributed by atoms with Crippen LogP contribution in [0.1, 0.15) is 31.7 Å². The zero-order valence-electron chi connectivity index (χ0n) is 16.2. The number of para-hydroxylation sites is 1. The average Bonchev–Trinajstić information content (AvgIpc) is 2.93. The van der Waals surface area contributed by atoms with Gasteiger partial charge in [-0.1, -0.05) is 6.07 Å². The molecule has 2 aliphatic rings. The lowest BCUT2D eigenvalue weighted by Gasteiger charge is -2.34. The first-order valence-corrected chi connectivity index (χ1v) is 9.91. The SMILES string of the molecule is CNC1CCN(c2cccc3c2n(C)c(=O)n3C2CCCN(C)C2)CC1. The van der Waals surface area contributed by atoms with Crippen LogP contribution >= 0.6 is 0 Å². The smallest absolute Gasteiger partial charge is 0.329 e. The summed E-state index contributed by atoms with van der Waals surface area (Å²) in [6.45, 7) is 4.16. The van der Waals surface area contributed by atoms with Crippen LogP contribution in [0.4, 0.5) is 5.69 Å². The molecule has 2 aromatic rings. The Labute approximate surface area is 155 Å². The molecule has 1 atom stereocenters. The Morgan fingerprint density at radius 2 is 1.85 bits per heavy atom. The summed E-state index contributed by atoms with van der Waals surface area (Å²) in [5.41, 5.74) is 3.51. The van der Waals surface area contributed by atoms with Crippen molar-refractivity contribution in [1.82, 2.24) is 19.4 Å². The van der Waals surface area contributed by atoms with Crippen LogP contribution in [0.5, 0.6) is 0 Å². The summed E-state index contributed by atoms with van der Waals surface area (Å²) in [5, 5.41) is 3.39. The minimum atomic E-state index is 0.123. The van der Waals surface area contributed by atoms with Crippen LogP contribution in [0, 0.1) is 0 Å². The van der Waals surface area contributed by atoms with Crippen molar-refractivity contribution in [3.05, 3.63) is 28.7 Å². The second-order valence-corrected chi connectivity index (χ2v) is 7.96. The number of fused-ring (bicyclic) bond motifs is 1. The predicted octanol–water partition coefficient (Wildman–Crippen LogP) is 1.79. The van der Waals surface area contributed by atoms with Crippen LogP contribution in [0.3, 0.4) is 0 Å². The first kappa shape index (κ1) is 17.6. The highest BCUT2D eigenvalue weighted by Crippen LogP contribution is 2.31. The van der Waals surface area contributed by atoms with Gasteiger partial charge in [0, 0.05) is 32.7 Å². The Hall–Kier alpha value is -1.79. The highest BCUT2D eigenvalue weighted by molar-refractivity contribution is 5.89. The Morgan fingerprint density at radius 1 is 1.08 bits per heavy atom. The first-order valence-electron chi connectivity index (χ1n) is 9.91. The zero-order chi connectivity index (χ0) is 18.3. The summed E-state index contributed by atoms with van der Waals surface area (Å²) in [6, 6.07) is 7.30. The van der Waals surface area contributed by atoms with Gasteiger partial charge in [0.05, 0.1) is 22.8 Å². The molecule has 4 rings (SSSR count). The van der Waals surface area contributed by atoms with Gasteiger partial charge in [-0.25, -0.2) is 4.79 Å². The lowest BCUT2D eigenvalue weighted by atomic mass is 10.0. The van der Waals surface area contributed by atoms with Crippen LogP contribution < -0.4 is 15.9 Å². The van der Waals surface area contributed by atoms with Gasteiger partial charge >= 0.3 is 5.69 Å². The summed E-state index contributed by atoms with van der Waals surface area (Å²) in [4.78, 5) is 17.9. The van der Waals surface area contributed by atoms with Crippen molar-refractivity contribution in [3.8, 4) is 0 Å². The molecule has 6 nitrogen and oxygen atoms in total. The van der Waals surface area contributed by atoms with Crippen molar-refractivity contribution >= 4 is 16.7 Å². The molecular formula is C20H31N5O. The predicted molar refractivity (Wildman–Crippen MR) is 107 cm³/mol. The van der Waals surface area contributed by atoms with Crippen LogP contribution in [0.25, 0.3) is 11.0 Å². The van der Waals surface area contributed by atoms with Crippen molar-refractivity contribution in [2.45, 2.75) is 37.8 Å². The number of aryl methyl sites for hydroxylation is 1. The van der Waals surface area contributed by atoms with E-state index in [9.17, 15) is 4.79 Å². The fraction of sp³-hybridized carbons (Fsp3) is 0.650. The Kier molecular flexibility index (Phi) is 4.80. The lowest BCUT2D eigenvalue weighted by Crippen LogP contribution is -2.41. The monoisotopic (exact) mass is 357 g/mol. The van der Waals surface area contributed by atoms with E-state index in [0.717, 1.165) is 62.9 Å². The van der Waals surface area contributed by atoms with Crippen LogP contribution in [0.2, 0.25) is 0 Å². The van der Waals surface area contributed by atoms with Crippen LogP contribution in [0.15, 0.2) is 23.0 Å². The molecule has 6 heteroatoms. The first-order chi connectivity index (χ1) is 12.6. The molecule has 0 radical (unpaired) electrons. The topological polar surface area (TPSA) is 45.4 Å². The summed E-state index contributed by atoms with van der Waals surface area (Å²) < 4.78 is 3.91.